The average Bonchev–Trinajstić information content (AvgIpc) is 3.48. The van der Waals surface area contributed by atoms with Crippen molar-refractivity contribution in [2.45, 2.75) is 13.5 Å². The Bertz CT molecular complexity index is 1320. The Morgan fingerprint density at radius 2 is 1.72 bits per heavy atom. The van der Waals surface area contributed by atoms with E-state index in [2.05, 4.69) is 5.32 Å². The van der Waals surface area contributed by atoms with Crippen LogP contribution in [0.3, 0.4) is 0 Å². The van der Waals surface area contributed by atoms with E-state index >= 15 is 0 Å². The van der Waals surface area contributed by atoms with Gasteiger partial charge in [0, 0.05) is 0 Å². The van der Waals surface area contributed by atoms with Crippen molar-refractivity contribution in [2.24, 2.45) is 0 Å². The minimum Gasteiger partial charge on any atom is -0.494 e. The van der Waals surface area contributed by atoms with Gasteiger partial charge in [-0.25, -0.2) is 14.5 Å². The number of imide groups is 2. The lowest BCUT2D eigenvalue weighted by molar-refractivity contribution is -0.123. The second-order valence-electron chi connectivity index (χ2n) is 7.52. The summed E-state index contributed by atoms with van der Waals surface area (Å²) in [5.74, 6) is -1.78. The molecule has 0 aliphatic carbocycles. The SMILES string of the molecule is CCOc1ccc(N2C(=O)c3ccc(C(=O)OCC(=O)NC(=O)NCc4ccco4)cc3C2=O)cc1. The van der Waals surface area contributed by atoms with Crippen LogP contribution in [0.25, 0.3) is 0 Å². The molecule has 2 heterocycles. The number of carbonyl (C=O) groups is 5. The Morgan fingerprint density at radius 3 is 2.42 bits per heavy atom. The van der Waals surface area contributed by atoms with Gasteiger partial charge in [-0.05, 0) is 61.5 Å². The van der Waals surface area contributed by atoms with Gasteiger partial charge in [-0.3, -0.25) is 19.7 Å². The Morgan fingerprint density at radius 1 is 0.972 bits per heavy atom. The highest BCUT2D eigenvalue weighted by molar-refractivity contribution is 6.34. The van der Waals surface area contributed by atoms with Gasteiger partial charge in [-0.1, -0.05) is 0 Å². The zero-order valence-corrected chi connectivity index (χ0v) is 19.1. The fourth-order valence-electron chi connectivity index (χ4n) is 3.46. The first-order chi connectivity index (χ1) is 17.4. The molecule has 1 aliphatic heterocycles. The molecule has 184 valence electrons. The number of hydrogen-bond donors (Lipinski definition) is 2. The number of hydrogen-bond acceptors (Lipinski definition) is 8. The third kappa shape index (κ3) is 5.25. The first-order valence-electron chi connectivity index (χ1n) is 10.9. The van der Waals surface area contributed by atoms with Crippen molar-refractivity contribution in [3.8, 4) is 5.75 Å². The third-order valence-corrected chi connectivity index (χ3v) is 5.12. The molecule has 0 fully saturated rings. The van der Waals surface area contributed by atoms with Crippen molar-refractivity contribution in [1.29, 1.82) is 0 Å². The molecule has 1 aliphatic rings. The predicted molar refractivity (Wildman–Crippen MR) is 125 cm³/mol. The highest BCUT2D eigenvalue weighted by Gasteiger charge is 2.37. The minimum atomic E-state index is -0.899. The number of ether oxygens (including phenoxy) is 2. The fourth-order valence-corrected chi connectivity index (χ4v) is 3.46. The van der Waals surface area contributed by atoms with Gasteiger partial charge in [0.05, 0.1) is 41.8 Å². The number of carbonyl (C=O) groups excluding carboxylic acids is 5. The molecule has 1 aromatic heterocycles. The molecule has 2 N–H and O–H groups in total. The van der Waals surface area contributed by atoms with E-state index in [-0.39, 0.29) is 23.2 Å². The first kappa shape index (κ1) is 24.2. The summed E-state index contributed by atoms with van der Waals surface area (Å²) in [6.45, 7) is 1.66. The predicted octanol–water partition coefficient (Wildman–Crippen LogP) is 2.66. The highest BCUT2D eigenvalue weighted by atomic mass is 16.5. The molecule has 0 atom stereocenters. The van der Waals surface area contributed by atoms with E-state index in [1.54, 1.807) is 36.4 Å². The molecule has 4 rings (SSSR count). The van der Waals surface area contributed by atoms with Gasteiger partial charge in [-0.2, -0.15) is 0 Å². The number of anilines is 1. The zero-order valence-electron chi connectivity index (χ0n) is 19.1. The van der Waals surface area contributed by atoms with Crippen LogP contribution in [0.2, 0.25) is 0 Å². The summed E-state index contributed by atoms with van der Waals surface area (Å²) in [5, 5.41) is 4.43. The summed E-state index contributed by atoms with van der Waals surface area (Å²) in [6, 6.07) is 12.9. The lowest BCUT2D eigenvalue weighted by atomic mass is 10.1. The number of fused-ring (bicyclic) bond motifs is 1. The molecular weight excluding hydrogens is 470 g/mol. The van der Waals surface area contributed by atoms with Crippen molar-refractivity contribution in [2.75, 3.05) is 18.1 Å². The molecule has 0 saturated heterocycles. The van der Waals surface area contributed by atoms with Crippen molar-refractivity contribution in [3.63, 3.8) is 0 Å². The van der Waals surface area contributed by atoms with Gasteiger partial charge in [0.25, 0.3) is 17.7 Å². The van der Waals surface area contributed by atoms with Gasteiger partial charge in [0.15, 0.2) is 6.61 Å². The number of rotatable bonds is 8. The summed E-state index contributed by atoms with van der Waals surface area (Å²) in [7, 11) is 0. The Hall–Kier alpha value is -4.93. The van der Waals surface area contributed by atoms with Crippen LogP contribution in [-0.4, -0.2) is 42.9 Å². The number of amides is 5. The maximum absolute atomic E-state index is 12.9. The lowest BCUT2D eigenvalue weighted by Gasteiger charge is -2.14. The molecular formula is C25H21N3O8. The third-order valence-electron chi connectivity index (χ3n) is 5.12. The number of benzene rings is 2. The number of furan rings is 1. The summed E-state index contributed by atoms with van der Waals surface area (Å²) in [5.41, 5.74) is 0.496. The topological polar surface area (TPSA) is 144 Å². The fraction of sp³-hybridized carbons (Fsp3) is 0.160. The van der Waals surface area contributed by atoms with Crippen molar-refractivity contribution >= 4 is 35.4 Å². The first-order valence-corrected chi connectivity index (χ1v) is 10.9. The maximum atomic E-state index is 12.9. The molecule has 11 heteroatoms. The van der Waals surface area contributed by atoms with E-state index in [1.165, 1.54) is 24.5 Å². The van der Waals surface area contributed by atoms with E-state index in [0.29, 0.717) is 23.8 Å². The standard InChI is InChI=1S/C25H21N3O8/c1-2-34-17-8-6-16(7-9-17)28-22(30)19-10-5-15(12-20(19)23(28)31)24(32)36-14-21(29)27-25(33)26-13-18-4-3-11-35-18/h3-12H,2,13-14H2,1H3,(H2,26,27,29,33). The minimum absolute atomic E-state index is 0.0292. The number of nitrogens with one attached hydrogen (secondary N) is 2. The van der Waals surface area contributed by atoms with Gasteiger partial charge in [0.1, 0.15) is 11.5 Å². The number of esters is 1. The molecule has 5 amide bonds. The highest BCUT2D eigenvalue weighted by Crippen LogP contribution is 2.30. The van der Waals surface area contributed by atoms with Crippen LogP contribution in [0.5, 0.6) is 5.75 Å². The van der Waals surface area contributed by atoms with Crippen molar-refractivity contribution in [3.05, 3.63) is 83.3 Å². The van der Waals surface area contributed by atoms with Crippen LogP contribution >= 0.6 is 0 Å². The maximum Gasteiger partial charge on any atom is 0.338 e. The number of nitrogens with zero attached hydrogens (tertiary/aromatic N) is 1. The molecule has 11 nitrogen and oxygen atoms in total. The van der Waals surface area contributed by atoms with Crippen LogP contribution in [0, 0.1) is 0 Å². The second kappa shape index (κ2) is 10.6. The quantitative estimate of drug-likeness (QED) is 0.362. The summed E-state index contributed by atoms with van der Waals surface area (Å²) >= 11 is 0. The van der Waals surface area contributed by atoms with Crippen molar-refractivity contribution in [1.82, 2.24) is 10.6 Å². The smallest absolute Gasteiger partial charge is 0.338 e. The largest absolute Gasteiger partial charge is 0.494 e. The molecule has 0 spiro atoms. The van der Waals surface area contributed by atoms with Gasteiger partial charge in [0.2, 0.25) is 0 Å². The van der Waals surface area contributed by atoms with E-state index < -0.39 is 36.3 Å². The summed E-state index contributed by atoms with van der Waals surface area (Å²) < 4.78 is 15.4. The van der Waals surface area contributed by atoms with Crippen LogP contribution in [0.4, 0.5) is 10.5 Å². The van der Waals surface area contributed by atoms with Crippen LogP contribution in [-0.2, 0) is 16.1 Å². The van der Waals surface area contributed by atoms with Crippen LogP contribution in [0.1, 0.15) is 43.8 Å². The lowest BCUT2D eigenvalue weighted by Crippen LogP contribution is -2.41. The van der Waals surface area contributed by atoms with E-state index in [4.69, 9.17) is 13.9 Å². The zero-order chi connectivity index (χ0) is 25.7. The molecule has 0 saturated carbocycles. The second-order valence-corrected chi connectivity index (χ2v) is 7.52. The normalized spacial score (nSPS) is 12.2. The summed E-state index contributed by atoms with van der Waals surface area (Å²) in [6.07, 6.45) is 1.44. The van der Waals surface area contributed by atoms with Crippen LogP contribution in [0.15, 0.2) is 65.3 Å². The summed E-state index contributed by atoms with van der Waals surface area (Å²) in [4.78, 5) is 62.8. The van der Waals surface area contributed by atoms with E-state index in [9.17, 15) is 24.0 Å². The molecule has 3 aromatic rings. The molecule has 0 radical (unpaired) electrons. The van der Waals surface area contributed by atoms with Gasteiger partial charge in [-0.15, -0.1) is 0 Å². The molecule has 0 unspecified atom stereocenters. The van der Waals surface area contributed by atoms with Gasteiger partial charge < -0.3 is 19.2 Å². The number of urea groups is 1. The van der Waals surface area contributed by atoms with Crippen LogP contribution < -0.4 is 20.3 Å². The van der Waals surface area contributed by atoms with E-state index in [0.717, 1.165) is 4.90 Å². The Balaban J connectivity index is 1.35. The Labute approximate surface area is 205 Å². The molecule has 2 aromatic carbocycles. The Kier molecular flexibility index (Phi) is 7.10. The molecule has 0 bridgehead atoms. The molecule has 36 heavy (non-hydrogen) atoms. The van der Waals surface area contributed by atoms with Crippen molar-refractivity contribution < 1.29 is 37.9 Å². The van der Waals surface area contributed by atoms with E-state index in [1.807, 2.05) is 12.2 Å². The average molecular weight is 491 g/mol. The monoisotopic (exact) mass is 491 g/mol. The van der Waals surface area contributed by atoms with Gasteiger partial charge >= 0.3 is 12.0 Å².